The zero-order chi connectivity index (χ0) is 27.4. The molecule has 1 aliphatic carbocycles. The largest absolute Gasteiger partial charge is 0.493 e. The highest BCUT2D eigenvalue weighted by molar-refractivity contribution is 6.11. The SMILES string of the molecule is COc1c2n(c3c4nn(c(=O)c13)Cc1ccc(F)cc1OCCCCCN(C)C4=O)[C@@H](C)CN(C1CC1)C2=O. The number of amides is 2. The third-order valence-corrected chi connectivity index (χ3v) is 7.90. The molecule has 206 valence electrons. The number of halogens is 1. The zero-order valence-electron chi connectivity index (χ0n) is 22.4. The normalized spacial score (nSPS) is 20.4. The third-order valence-electron chi connectivity index (χ3n) is 7.90. The third kappa shape index (κ3) is 4.24. The number of hydrogen-bond acceptors (Lipinski definition) is 6. The van der Waals surface area contributed by atoms with Crippen molar-refractivity contribution < 1.29 is 23.5 Å². The number of benzene rings is 1. The van der Waals surface area contributed by atoms with Gasteiger partial charge in [-0.3, -0.25) is 14.4 Å². The molecule has 1 fully saturated rings. The van der Waals surface area contributed by atoms with Gasteiger partial charge < -0.3 is 23.8 Å². The lowest BCUT2D eigenvalue weighted by Crippen LogP contribution is -2.43. The van der Waals surface area contributed by atoms with Gasteiger partial charge in [0.05, 0.1) is 25.8 Å². The van der Waals surface area contributed by atoms with E-state index in [0.717, 1.165) is 32.1 Å². The van der Waals surface area contributed by atoms with Gasteiger partial charge >= 0.3 is 0 Å². The summed E-state index contributed by atoms with van der Waals surface area (Å²) in [5, 5.41) is 4.73. The fraction of sp³-hybridized carbons (Fsp3) is 0.500. The van der Waals surface area contributed by atoms with Crippen LogP contribution in [0.1, 0.15) is 71.6 Å². The van der Waals surface area contributed by atoms with E-state index < -0.39 is 11.4 Å². The van der Waals surface area contributed by atoms with Crippen molar-refractivity contribution in [2.45, 2.75) is 57.7 Å². The lowest BCUT2D eigenvalue weighted by atomic mass is 10.1. The Hall–Kier alpha value is -3.89. The molecule has 3 aliphatic rings. The van der Waals surface area contributed by atoms with Gasteiger partial charge in [-0.05, 0) is 45.1 Å². The second kappa shape index (κ2) is 9.69. The average molecular weight is 538 g/mol. The van der Waals surface area contributed by atoms with Crippen molar-refractivity contribution in [1.29, 1.82) is 0 Å². The standard InChI is InChI=1S/C28H32FN5O5/c1-16-14-32(19-9-10-19)28(37)24-25(38-3)21-23(34(16)24)22-27(36)31(2)11-5-4-6-12-39-20-13-18(29)8-7-17(20)15-33(30-22)26(21)35/h7-8,13,16,19H,4-6,9-12,14-15H2,1-3H3/t16-/m0/s1. The van der Waals surface area contributed by atoms with Crippen LogP contribution in [0.4, 0.5) is 4.39 Å². The molecule has 0 radical (unpaired) electrons. The van der Waals surface area contributed by atoms with Crippen molar-refractivity contribution >= 4 is 22.7 Å². The van der Waals surface area contributed by atoms with Crippen LogP contribution in [-0.2, 0) is 6.54 Å². The molecule has 10 nitrogen and oxygen atoms in total. The van der Waals surface area contributed by atoms with Gasteiger partial charge in [0.15, 0.2) is 17.1 Å². The second-order valence-corrected chi connectivity index (χ2v) is 10.7. The van der Waals surface area contributed by atoms with E-state index in [4.69, 9.17) is 9.47 Å². The molecule has 3 aromatic rings. The van der Waals surface area contributed by atoms with Gasteiger partial charge in [0.1, 0.15) is 17.0 Å². The molecule has 6 rings (SSSR count). The number of nitrogens with zero attached hydrogens (tertiary/aromatic N) is 5. The summed E-state index contributed by atoms with van der Waals surface area (Å²) in [6.07, 6.45) is 4.21. The number of aromatic nitrogens is 3. The van der Waals surface area contributed by atoms with E-state index in [1.807, 2.05) is 11.8 Å². The highest BCUT2D eigenvalue weighted by atomic mass is 19.1. The minimum atomic E-state index is -0.497. The lowest BCUT2D eigenvalue weighted by molar-refractivity contribution is 0.0658. The molecule has 0 unspecified atom stereocenters. The van der Waals surface area contributed by atoms with Crippen LogP contribution in [0.2, 0.25) is 0 Å². The van der Waals surface area contributed by atoms with Crippen molar-refractivity contribution in [1.82, 2.24) is 24.1 Å². The van der Waals surface area contributed by atoms with Gasteiger partial charge in [-0.2, -0.15) is 5.10 Å². The minimum Gasteiger partial charge on any atom is -0.493 e. The van der Waals surface area contributed by atoms with E-state index in [0.29, 0.717) is 36.5 Å². The number of carbonyl (C=O) groups excluding carboxylic acids is 2. The van der Waals surface area contributed by atoms with Crippen molar-refractivity contribution in [2.75, 3.05) is 33.9 Å². The topological polar surface area (TPSA) is 98.9 Å². The summed E-state index contributed by atoms with van der Waals surface area (Å²) in [4.78, 5) is 45.1. The van der Waals surface area contributed by atoms with Crippen LogP contribution >= 0.6 is 0 Å². The van der Waals surface area contributed by atoms with E-state index in [9.17, 15) is 18.8 Å². The fourth-order valence-electron chi connectivity index (χ4n) is 5.77. The Bertz CT molecular complexity index is 1540. The first kappa shape index (κ1) is 25.4. The van der Waals surface area contributed by atoms with E-state index in [1.165, 1.54) is 23.9 Å². The first-order valence-corrected chi connectivity index (χ1v) is 13.5. The second-order valence-electron chi connectivity index (χ2n) is 10.7. The van der Waals surface area contributed by atoms with Crippen LogP contribution in [0.25, 0.3) is 10.9 Å². The molecule has 0 spiro atoms. The summed E-state index contributed by atoms with van der Waals surface area (Å²) >= 11 is 0. The predicted molar refractivity (Wildman–Crippen MR) is 141 cm³/mol. The Labute approximate surface area is 224 Å². The van der Waals surface area contributed by atoms with Gasteiger partial charge in [0.25, 0.3) is 17.4 Å². The number of rotatable bonds is 2. The Morgan fingerprint density at radius 1 is 1.10 bits per heavy atom. The molecule has 1 atom stereocenters. The van der Waals surface area contributed by atoms with Crippen LogP contribution in [-0.4, -0.2) is 75.9 Å². The first-order chi connectivity index (χ1) is 18.8. The maximum Gasteiger partial charge on any atom is 0.280 e. The molecule has 1 aromatic carbocycles. The molecule has 0 N–H and O–H groups in total. The molecule has 0 saturated heterocycles. The quantitative estimate of drug-likeness (QED) is 0.498. The van der Waals surface area contributed by atoms with Gasteiger partial charge in [0, 0.05) is 43.9 Å². The number of carbonyl (C=O) groups is 2. The molecule has 2 bridgehead atoms. The molecule has 11 heteroatoms. The highest BCUT2D eigenvalue weighted by Gasteiger charge is 2.43. The summed E-state index contributed by atoms with van der Waals surface area (Å²) in [5.74, 6) is -0.507. The van der Waals surface area contributed by atoms with Crippen LogP contribution < -0.4 is 15.0 Å². The summed E-state index contributed by atoms with van der Waals surface area (Å²) in [6, 6.07) is 4.16. The number of fused-ring (bicyclic) bond motifs is 7. The minimum absolute atomic E-state index is 0.0459. The first-order valence-electron chi connectivity index (χ1n) is 13.5. The van der Waals surface area contributed by atoms with Crippen molar-refractivity contribution in [3.8, 4) is 11.5 Å². The zero-order valence-corrected chi connectivity index (χ0v) is 22.4. The molecule has 4 heterocycles. The maximum absolute atomic E-state index is 14.1. The van der Waals surface area contributed by atoms with E-state index >= 15 is 0 Å². The number of hydrogen-bond donors (Lipinski definition) is 0. The molecule has 2 aromatic heterocycles. The molecular weight excluding hydrogens is 505 g/mol. The van der Waals surface area contributed by atoms with Crippen molar-refractivity contribution in [3.05, 3.63) is 51.3 Å². The predicted octanol–water partition coefficient (Wildman–Crippen LogP) is 3.21. The van der Waals surface area contributed by atoms with E-state index in [-0.39, 0.29) is 53.0 Å². The van der Waals surface area contributed by atoms with Crippen LogP contribution in [0, 0.1) is 5.82 Å². The van der Waals surface area contributed by atoms with E-state index in [1.54, 1.807) is 22.6 Å². The monoisotopic (exact) mass is 537 g/mol. The van der Waals surface area contributed by atoms with Crippen LogP contribution in [0.15, 0.2) is 23.0 Å². The molecular formula is C28H32FN5O5. The van der Waals surface area contributed by atoms with Gasteiger partial charge in [0.2, 0.25) is 0 Å². The highest BCUT2D eigenvalue weighted by Crippen LogP contribution is 2.41. The fourth-order valence-corrected chi connectivity index (χ4v) is 5.77. The van der Waals surface area contributed by atoms with Crippen molar-refractivity contribution in [3.63, 3.8) is 0 Å². The maximum atomic E-state index is 14.1. The summed E-state index contributed by atoms with van der Waals surface area (Å²) in [7, 11) is 3.14. The Kier molecular flexibility index (Phi) is 6.31. The Morgan fingerprint density at radius 3 is 2.64 bits per heavy atom. The number of methoxy groups -OCH3 is 1. The Morgan fingerprint density at radius 2 is 1.90 bits per heavy atom. The lowest BCUT2D eigenvalue weighted by Gasteiger charge is -2.33. The van der Waals surface area contributed by atoms with Crippen LogP contribution in [0.5, 0.6) is 11.5 Å². The van der Waals surface area contributed by atoms with Gasteiger partial charge in [-0.1, -0.05) is 6.07 Å². The smallest absolute Gasteiger partial charge is 0.280 e. The van der Waals surface area contributed by atoms with Gasteiger partial charge in [-0.25, -0.2) is 9.07 Å². The summed E-state index contributed by atoms with van der Waals surface area (Å²) in [5.41, 5.74) is 0.733. The summed E-state index contributed by atoms with van der Waals surface area (Å²) < 4.78 is 28.7. The molecule has 2 aliphatic heterocycles. The van der Waals surface area contributed by atoms with Gasteiger partial charge in [-0.15, -0.1) is 0 Å². The Balaban J connectivity index is 1.62. The number of ether oxygens (including phenoxy) is 2. The van der Waals surface area contributed by atoms with E-state index in [2.05, 4.69) is 5.10 Å². The summed E-state index contributed by atoms with van der Waals surface area (Å²) in [6.45, 7) is 3.28. The average Bonchev–Trinajstić information content (AvgIpc) is 3.70. The molecule has 1 saturated carbocycles. The molecule has 2 amide bonds. The van der Waals surface area contributed by atoms with Crippen LogP contribution in [0.3, 0.4) is 0 Å². The molecule has 39 heavy (non-hydrogen) atoms. The van der Waals surface area contributed by atoms with Crippen molar-refractivity contribution in [2.24, 2.45) is 0 Å².